The van der Waals surface area contributed by atoms with Crippen molar-refractivity contribution in [3.63, 3.8) is 0 Å². The van der Waals surface area contributed by atoms with Gasteiger partial charge in [-0.2, -0.15) is 0 Å². The Kier molecular flexibility index (Phi) is 6.22. The van der Waals surface area contributed by atoms with Crippen molar-refractivity contribution in [3.05, 3.63) is 0 Å². The maximum atomic E-state index is 11.6. The summed E-state index contributed by atoms with van der Waals surface area (Å²) in [5, 5.41) is 0. The molecule has 4 saturated carbocycles. The average molecular weight is 445 g/mol. The molecule has 1 saturated heterocycles. The van der Waals surface area contributed by atoms with E-state index in [9.17, 15) is 4.79 Å². The predicted octanol–water partition coefficient (Wildman–Crippen LogP) is 7.46. The van der Waals surface area contributed by atoms with E-state index in [1.807, 2.05) is 0 Å². The van der Waals surface area contributed by atoms with E-state index >= 15 is 0 Å². The number of carbonyl (C=O) groups is 1. The molecule has 0 aromatic rings. The second-order valence-corrected chi connectivity index (χ2v) is 12.9. The molecule has 1 aliphatic heterocycles. The van der Waals surface area contributed by atoms with Crippen molar-refractivity contribution in [2.24, 2.45) is 34.5 Å². The van der Waals surface area contributed by atoms with Gasteiger partial charge in [0.05, 0.1) is 6.10 Å². The average Bonchev–Trinajstić information content (AvgIpc) is 3.34. The fourth-order valence-electron chi connectivity index (χ4n) is 9.73. The Balaban J connectivity index is 1.24. The predicted molar refractivity (Wildman–Crippen MR) is 128 cm³/mol. The van der Waals surface area contributed by atoms with Gasteiger partial charge in [0.15, 0.2) is 0 Å². The van der Waals surface area contributed by atoms with Gasteiger partial charge in [-0.05, 0) is 80.5 Å². The van der Waals surface area contributed by atoms with Crippen LogP contribution in [-0.4, -0.2) is 23.8 Å². The number of esters is 1. The minimum Gasteiger partial charge on any atom is -0.462 e. The molecule has 1 heterocycles. The number of carbonyl (C=O) groups excluding carboxylic acids is 1. The third-order valence-electron chi connectivity index (χ3n) is 11.5. The van der Waals surface area contributed by atoms with Crippen LogP contribution in [0.15, 0.2) is 0 Å². The summed E-state index contributed by atoms with van der Waals surface area (Å²) in [4.78, 5) is 11.6. The topological polar surface area (TPSA) is 38.8 Å². The van der Waals surface area contributed by atoms with Gasteiger partial charge in [-0.3, -0.25) is 4.79 Å². The van der Waals surface area contributed by atoms with Crippen LogP contribution in [0, 0.1) is 34.5 Å². The van der Waals surface area contributed by atoms with Crippen molar-refractivity contribution >= 4 is 5.97 Å². The maximum Gasteiger partial charge on any atom is 0.302 e. The Labute approximate surface area is 196 Å². The largest absolute Gasteiger partial charge is 0.462 e. The summed E-state index contributed by atoms with van der Waals surface area (Å²) in [6, 6.07) is 0. The zero-order valence-corrected chi connectivity index (χ0v) is 21.3. The molecule has 5 fully saturated rings. The molecule has 0 amide bonds. The smallest absolute Gasteiger partial charge is 0.302 e. The standard InChI is InChI=1S/C29H48O3/c1-5-6-7-8-9-10-11-21-12-13-24-23-18-26-29(32-26)19-22(31-20(2)30)14-17-28(29,4)25(23)15-16-27(21,24)3/h21-26H,5-19H2,1-4H3/t21-,22-,23-,24-,25-,26+,27+,28+,29+/m0/s1. The Morgan fingerprint density at radius 1 is 0.969 bits per heavy atom. The molecule has 3 nitrogen and oxygen atoms in total. The molecule has 32 heavy (non-hydrogen) atoms. The number of fused-ring (bicyclic) bond motifs is 4. The van der Waals surface area contributed by atoms with Gasteiger partial charge in [-0.25, -0.2) is 0 Å². The fraction of sp³-hybridized carbons (Fsp3) is 0.966. The first-order valence-corrected chi connectivity index (χ1v) is 14.2. The van der Waals surface area contributed by atoms with Crippen LogP contribution in [0.4, 0.5) is 0 Å². The first kappa shape index (κ1) is 23.2. The van der Waals surface area contributed by atoms with Crippen molar-refractivity contribution in [1.82, 2.24) is 0 Å². The first-order chi connectivity index (χ1) is 15.3. The van der Waals surface area contributed by atoms with E-state index in [0.29, 0.717) is 11.5 Å². The highest BCUT2D eigenvalue weighted by molar-refractivity contribution is 5.66. The van der Waals surface area contributed by atoms with Crippen LogP contribution in [0.3, 0.4) is 0 Å². The molecule has 5 aliphatic rings. The number of epoxide rings is 1. The highest BCUT2D eigenvalue weighted by Gasteiger charge is 2.76. The van der Waals surface area contributed by atoms with E-state index < -0.39 is 0 Å². The van der Waals surface area contributed by atoms with E-state index in [4.69, 9.17) is 9.47 Å². The highest BCUT2D eigenvalue weighted by atomic mass is 16.6. The number of unbranched alkanes of at least 4 members (excludes halogenated alkanes) is 5. The Bertz CT molecular complexity index is 705. The number of hydrogen-bond donors (Lipinski definition) is 0. The van der Waals surface area contributed by atoms with Crippen LogP contribution in [0.25, 0.3) is 0 Å². The minimum atomic E-state index is -0.128. The van der Waals surface area contributed by atoms with Gasteiger partial charge in [0.25, 0.3) is 0 Å². The van der Waals surface area contributed by atoms with Gasteiger partial charge in [-0.1, -0.05) is 59.3 Å². The van der Waals surface area contributed by atoms with E-state index in [2.05, 4.69) is 20.8 Å². The zero-order chi connectivity index (χ0) is 22.6. The summed E-state index contributed by atoms with van der Waals surface area (Å²) in [5.41, 5.74) is 0.872. The number of ether oxygens (including phenoxy) is 2. The summed E-state index contributed by atoms with van der Waals surface area (Å²) >= 11 is 0. The van der Waals surface area contributed by atoms with E-state index in [-0.39, 0.29) is 23.1 Å². The highest BCUT2D eigenvalue weighted by Crippen LogP contribution is 2.74. The molecule has 1 spiro atoms. The Morgan fingerprint density at radius 3 is 2.53 bits per heavy atom. The van der Waals surface area contributed by atoms with Gasteiger partial charge in [-0.15, -0.1) is 0 Å². The van der Waals surface area contributed by atoms with E-state index in [0.717, 1.165) is 36.5 Å². The third-order valence-corrected chi connectivity index (χ3v) is 11.5. The van der Waals surface area contributed by atoms with Gasteiger partial charge in [0.2, 0.25) is 0 Å². The summed E-state index contributed by atoms with van der Waals surface area (Å²) in [6.07, 6.45) is 20.7. The SMILES string of the molecule is CCCCCCCC[C@H]1CC[C@H]2[C@@H]3C[C@H]4O[C@]45C[C@@H](OC(C)=O)CC[C@]5(C)[C@H]3CC[C@]12C. The van der Waals surface area contributed by atoms with Crippen molar-refractivity contribution < 1.29 is 14.3 Å². The maximum absolute atomic E-state index is 11.6. The van der Waals surface area contributed by atoms with Crippen molar-refractivity contribution in [2.45, 2.75) is 142 Å². The van der Waals surface area contributed by atoms with Crippen molar-refractivity contribution in [3.8, 4) is 0 Å². The third kappa shape index (κ3) is 3.59. The van der Waals surface area contributed by atoms with Crippen LogP contribution in [0.5, 0.6) is 0 Å². The molecule has 0 unspecified atom stereocenters. The van der Waals surface area contributed by atoms with Crippen LogP contribution >= 0.6 is 0 Å². The second kappa shape index (κ2) is 8.58. The van der Waals surface area contributed by atoms with E-state index in [1.54, 1.807) is 6.92 Å². The van der Waals surface area contributed by atoms with Crippen LogP contribution in [-0.2, 0) is 14.3 Å². The molecule has 0 radical (unpaired) electrons. The Hall–Kier alpha value is -0.570. The molecule has 182 valence electrons. The molecule has 9 atom stereocenters. The summed E-state index contributed by atoms with van der Waals surface area (Å²) in [7, 11) is 0. The van der Waals surface area contributed by atoms with Gasteiger partial charge in [0, 0.05) is 18.8 Å². The molecule has 0 N–H and O–H groups in total. The van der Waals surface area contributed by atoms with Gasteiger partial charge in [0.1, 0.15) is 11.7 Å². The minimum absolute atomic E-state index is 0.0107. The lowest BCUT2D eigenvalue weighted by Crippen LogP contribution is -2.58. The Morgan fingerprint density at radius 2 is 1.75 bits per heavy atom. The number of rotatable bonds is 8. The van der Waals surface area contributed by atoms with E-state index in [1.165, 1.54) is 83.5 Å². The van der Waals surface area contributed by atoms with Crippen molar-refractivity contribution in [1.29, 1.82) is 0 Å². The van der Waals surface area contributed by atoms with Gasteiger partial charge >= 0.3 is 5.97 Å². The molecular formula is C29H48O3. The molecule has 4 aliphatic carbocycles. The molecule has 0 aromatic heterocycles. The summed E-state index contributed by atoms with van der Waals surface area (Å²) in [5.74, 6) is 3.41. The van der Waals surface area contributed by atoms with Crippen molar-refractivity contribution in [2.75, 3.05) is 0 Å². The van der Waals surface area contributed by atoms with Crippen LogP contribution in [0.2, 0.25) is 0 Å². The summed E-state index contributed by atoms with van der Waals surface area (Å²) < 4.78 is 12.3. The zero-order valence-electron chi connectivity index (χ0n) is 21.3. The monoisotopic (exact) mass is 444 g/mol. The van der Waals surface area contributed by atoms with Crippen LogP contribution < -0.4 is 0 Å². The van der Waals surface area contributed by atoms with Crippen LogP contribution in [0.1, 0.15) is 124 Å². The molecule has 5 rings (SSSR count). The lowest BCUT2D eigenvalue weighted by atomic mass is 9.44. The molecular weight excluding hydrogens is 396 g/mol. The summed E-state index contributed by atoms with van der Waals surface area (Å²) in [6.45, 7) is 9.10. The first-order valence-electron chi connectivity index (χ1n) is 14.2. The van der Waals surface area contributed by atoms with Gasteiger partial charge < -0.3 is 9.47 Å². The lowest BCUT2D eigenvalue weighted by Gasteiger charge is -2.59. The quantitative estimate of drug-likeness (QED) is 0.221. The second-order valence-electron chi connectivity index (χ2n) is 12.9. The molecule has 0 bridgehead atoms. The lowest BCUT2D eigenvalue weighted by molar-refractivity contribution is -0.157. The molecule has 3 heteroatoms. The normalized spacial score (nSPS) is 48.9. The fourth-order valence-corrected chi connectivity index (χ4v) is 9.73. The molecule has 0 aromatic carbocycles. The number of hydrogen-bond acceptors (Lipinski definition) is 3.